The zero-order valence-corrected chi connectivity index (χ0v) is 13.0. The maximum Gasteiger partial charge on any atom is 0.239 e. The molecule has 0 saturated carbocycles. The van der Waals surface area contributed by atoms with Gasteiger partial charge in [-0.3, -0.25) is 9.69 Å². The molecule has 2 saturated heterocycles. The first-order chi connectivity index (χ1) is 10.2. The largest absolute Gasteiger partial charge is 0.341 e. The first-order valence-electron chi connectivity index (χ1n) is 8.31. The summed E-state index contributed by atoms with van der Waals surface area (Å²) in [6.07, 6.45) is 4.60. The summed E-state index contributed by atoms with van der Waals surface area (Å²) in [4.78, 5) is 17.3. The SMILES string of the molecule is C[C@@H]1CCCN(C(=O)[C@H]2CCCN2Cc2ccccc2)C1. The second-order valence-electron chi connectivity index (χ2n) is 6.65. The normalized spacial score (nSPS) is 27.0. The van der Waals surface area contributed by atoms with E-state index in [1.165, 1.54) is 12.0 Å². The van der Waals surface area contributed by atoms with Crippen molar-refractivity contribution >= 4 is 5.91 Å². The molecule has 2 atom stereocenters. The Bertz CT molecular complexity index is 473. The minimum atomic E-state index is 0.107. The number of nitrogens with zero attached hydrogens (tertiary/aromatic N) is 2. The monoisotopic (exact) mass is 286 g/mol. The van der Waals surface area contributed by atoms with Crippen LogP contribution in [0, 0.1) is 5.92 Å². The van der Waals surface area contributed by atoms with Crippen LogP contribution in [-0.4, -0.2) is 41.4 Å². The van der Waals surface area contributed by atoms with Crippen LogP contribution >= 0.6 is 0 Å². The molecule has 0 aromatic heterocycles. The van der Waals surface area contributed by atoms with Crippen LogP contribution in [0.25, 0.3) is 0 Å². The fourth-order valence-corrected chi connectivity index (χ4v) is 3.71. The molecule has 1 amide bonds. The van der Waals surface area contributed by atoms with E-state index in [4.69, 9.17) is 0 Å². The summed E-state index contributed by atoms with van der Waals surface area (Å²) >= 11 is 0. The summed E-state index contributed by atoms with van der Waals surface area (Å²) in [5.41, 5.74) is 1.31. The van der Waals surface area contributed by atoms with Gasteiger partial charge in [0, 0.05) is 19.6 Å². The number of benzene rings is 1. The number of carbonyl (C=O) groups excluding carboxylic acids is 1. The Labute approximate surface area is 127 Å². The van der Waals surface area contributed by atoms with Gasteiger partial charge >= 0.3 is 0 Å². The molecule has 3 rings (SSSR count). The highest BCUT2D eigenvalue weighted by atomic mass is 16.2. The average molecular weight is 286 g/mol. The van der Waals surface area contributed by atoms with Crippen LogP contribution in [0.1, 0.15) is 38.2 Å². The Kier molecular flexibility index (Phi) is 4.59. The van der Waals surface area contributed by atoms with Crippen LogP contribution in [0.2, 0.25) is 0 Å². The van der Waals surface area contributed by atoms with E-state index in [1.54, 1.807) is 0 Å². The van der Waals surface area contributed by atoms with E-state index in [0.717, 1.165) is 45.4 Å². The van der Waals surface area contributed by atoms with Crippen LogP contribution in [0.5, 0.6) is 0 Å². The zero-order valence-electron chi connectivity index (χ0n) is 13.0. The van der Waals surface area contributed by atoms with Gasteiger partial charge in [-0.05, 0) is 43.7 Å². The molecule has 3 nitrogen and oxygen atoms in total. The number of rotatable bonds is 3. The van der Waals surface area contributed by atoms with Crippen molar-refractivity contribution in [3.05, 3.63) is 35.9 Å². The van der Waals surface area contributed by atoms with Gasteiger partial charge < -0.3 is 4.90 Å². The van der Waals surface area contributed by atoms with Crippen LogP contribution in [0.3, 0.4) is 0 Å². The Morgan fingerprint density at radius 3 is 2.67 bits per heavy atom. The molecular formula is C18H26N2O. The average Bonchev–Trinajstić information content (AvgIpc) is 2.95. The summed E-state index contributed by atoms with van der Waals surface area (Å²) in [6, 6.07) is 10.6. The fraction of sp³-hybridized carbons (Fsp3) is 0.611. The third-order valence-electron chi connectivity index (χ3n) is 4.85. The number of hydrogen-bond acceptors (Lipinski definition) is 2. The molecule has 0 unspecified atom stereocenters. The van der Waals surface area contributed by atoms with Gasteiger partial charge in [0.25, 0.3) is 0 Å². The van der Waals surface area contributed by atoms with Gasteiger partial charge in [0.15, 0.2) is 0 Å². The van der Waals surface area contributed by atoms with Crippen molar-refractivity contribution in [2.45, 2.75) is 45.2 Å². The van der Waals surface area contributed by atoms with Gasteiger partial charge in [-0.15, -0.1) is 0 Å². The molecule has 2 fully saturated rings. The molecular weight excluding hydrogens is 260 g/mol. The molecule has 3 heteroatoms. The fourth-order valence-electron chi connectivity index (χ4n) is 3.71. The lowest BCUT2D eigenvalue weighted by Gasteiger charge is -2.35. The van der Waals surface area contributed by atoms with Crippen molar-refractivity contribution in [1.82, 2.24) is 9.80 Å². The van der Waals surface area contributed by atoms with E-state index in [1.807, 2.05) is 6.07 Å². The third kappa shape index (κ3) is 3.46. The number of piperidine rings is 1. The lowest BCUT2D eigenvalue weighted by atomic mass is 9.99. The molecule has 0 radical (unpaired) electrons. The Morgan fingerprint density at radius 1 is 1.14 bits per heavy atom. The number of amides is 1. The maximum atomic E-state index is 12.8. The van der Waals surface area contributed by atoms with E-state index in [9.17, 15) is 4.79 Å². The lowest BCUT2D eigenvalue weighted by Crippen LogP contribution is -2.48. The molecule has 0 aliphatic carbocycles. The molecule has 114 valence electrons. The predicted molar refractivity (Wildman–Crippen MR) is 84.9 cm³/mol. The van der Waals surface area contributed by atoms with Crippen molar-refractivity contribution in [1.29, 1.82) is 0 Å². The predicted octanol–water partition coefficient (Wildman–Crippen LogP) is 2.91. The molecule has 2 aliphatic heterocycles. The Morgan fingerprint density at radius 2 is 1.90 bits per heavy atom. The van der Waals surface area contributed by atoms with Gasteiger partial charge in [-0.1, -0.05) is 37.3 Å². The minimum absolute atomic E-state index is 0.107. The molecule has 2 heterocycles. The molecule has 1 aromatic rings. The summed E-state index contributed by atoms with van der Waals surface area (Å²) < 4.78 is 0. The van der Waals surface area contributed by atoms with Crippen LogP contribution in [0.4, 0.5) is 0 Å². The molecule has 21 heavy (non-hydrogen) atoms. The molecule has 0 bridgehead atoms. The van der Waals surface area contributed by atoms with Crippen molar-refractivity contribution in [3.8, 4) is 0 Å². The number of hydrogen-bond donors (Lipinski definition) is 0. The lowest BCUT2D eigenvalue weighted by molar-refractivity contribution is -0.137. The zero-order chi connectivity index (χ0) is 14.7. The van der Waals surface area contributed by atoms with E-state index >= 15 is 0 Å². The van der Waals surface area contributed by atoms with Crippen molar-refractivity contribution in [2.24, 2.45) is 5.92 Å². The van der Waals surface area contributed by atoms with Gasteiger partial charge in [0.2, 0.25) is 5.91 Å². The number of likely N-dealkylation sites (tertiary alicyclic amines) is 2. The molecule has 0 spiro atoms. The minimum Gasteiger partial charge on any atom is -0.341 e. The standard InChI is InChI=1S/C18H26N2O/c1-15-7-5-12-20(13-15)18(21)17-10-6-11-19(17)14-16-8-3-2-4-9-16/h2-4,8-9,15,17H,5-7,10-14H2,1H3/t15-,17-/m1/s1. The first-order valence-corrected chi connectivity index (χ1v) is 8.31. The second-order valence-corrected chi connectivity index (χ2v) is 6.65. The highest BCUT2D eigenvalue weighted by molar-refractivity contribution is 5.82. The smallest absolute Gasteiger partial charge is 0.239 e. The molecule has 0 N–H and O–H groups in total. The van der Waals surface area contributed by atoms with Crippen molar-refractivity contribution in [3.63, 3.8) is 0 Å². The first kappa shape index (κ1) is 14.6. The topological polar surface area (TPSA) is 23.6 Å². The van der Waals surface area contributed by atoms with E-state index < -0.39 is 0 Å². The van der Waals surface area contributed by atoms with Gasteiger partial charge in [-0.2, -0.15) is 0 Å². The summed E-state index contributed by atoms with van der Waals surface area (Å²) in [5, 5.41) is 0. The second kappa shape index (κ2) is 6.61. The molecule has 2 aliphatic rings. The highest BCUT2D eigenvalue weighted by Crippen LogP contribution is 2.24. The van der Waals surface area contributed by atoms with Crippen molar-refractivity contribution < 1.29 is 4.79 Å². The van der Waals surface area contributed by atoms with Gasteiger partial charge in [0.05, 0.1) is 6.04 Å². The Hall–Kier alpha value is -1.35. The number of carbonyl (C=O) groups is 1. The van der Waals surface area contributed by atoms with E-state index in [-0.39, 0.29) is 6.04 Å². The van der Waals surface area contributed by atoms with Crippen LogP contribution < -0.4 is 0 Å². The van der Waals surface area contributed by atoms with E-state index in [0.29, 0.717) is 11.8 Å². The highest BCUT2D eigenvalue weighted by Gasteiger charge is 2.34. The van der Waals surface area contributed by atoms with Crippen molar-refractivity contribution in [2.75, 3.05) is 19.6 Å². The summed E-state index contributed by atoms with van der Waals surface area (Å²) in [5.74, 6) is 1.03. The third-order valence-corrected chi connectivity index (χ3v) is 4.85. The summed E-state index contributed by atoms with van der Waals surface area (Å²) in [7, 11) is 0. The van der Waals surface area contributed by atoms with Crippen LogP contribution in [-0.2, 0) is 11.3 Å². The van der Waals surface area contributed by atoms with Gasteiger partial charge in [-0.25, -0.2) is 0 Å². The molecule has 1 aromatic carbocycles. The summed E-state index contributed by atoms with van der Waals surface area (Å²) in [6.45, 7) is 6.12. The maximum absolute atomic E-state index is 12.8. The Balaban J connectivity index is 1.64. The quantitative estimate of drug-likeness (QED) is 0.853. The van der Waals surface area contributed by atoms with E-state index in [2.05, 4.69) is 41.0 Å². The van der Waals surface area contributed by atoms with Crippen LogP contribution in [0.15, 0.2) is 30.3 Å². The van der Waals surface area contributed by atoms with Gasteiger partial charge in [0.1, 0.15) is 0 Å².